The zero-order chi connectivity index (χ0) is 18.2. The molecular formula is C18H23FN4O2. The fourth-order valence-electron chi connectivity index (χ4n) is 2.87. The molecule has 0 aliphatic carbocycles. The molecule has 0 atom stereocenters. The van der Waals surface area contributed by atoms with Crippen molar-refractivity contribution in [1.82, 2.24) is 10.2 Å². The zero-order valence-electron chi connectivity index (χ0n) is 14.6. The van der Waals surface area contributed by atoms with Crippen molar-refractivity contribution in [2.45, 2.75) is 26.3 Å². The Bertz CT molecular complexity index is 676. The van der Waals surface area contributed by atoms with Crippen molar-refractivity contribution in [2.24, 2.45) is 10.9 Å². The number of nitrogens with zero attached hydrogens (tertiary/aromatic N) is 3. The molecule has 1 saturated heterocycles. The number of aliphatic imine (C=N–C) groups is 1. The molecule has 1 aromatic carbocycles. The molecule has 6 nitrogen and oxygen atoms in total. The minimum atomic E-state index is -0.358. The highest BCUT2D eigenvalue weighted by molar-refractivity contribution is 5.80. The molecule has 0 bridgehead atoms. The van der Waals surface area contributed by atoms with Gasteiger partial charge in [0.15, 0.2) is 5.96 Å². The highest BCUT2D eigenvalue weighted by atomic mass is 19.1. The number of nitrogens with one attached hydrogen (secondary N) is 1. The summed E-state index contributed by atoms with van der Waals surface area (Å²) in [6.45, 7) is 3.81. The van der Waals surface area contributed by atoms with E-state index < -0.39 is 0 Å². The Morgan fingerprint density at radius 1 is 1.48 bits per heavy atom. The summed E-state index contributed by atoms with van der Waals surface area (Å²) >= 11 is 0. The first-order valence-corrected chi connectivity index (χ1v) is 8.39. The second kappa shape index (κ2) is 9.02. The third kappa shape index (κ3) is 4.92. The number of carbonyl (C=O) groups excluding carboxylic acids is 1. The van der Waals surface area contributed by atoms with Crippen LogP contribution in [0.25, 0.3) is 0 Å². The first kappa shape index (κ1) is 18.7. The van der Waals surface area contributed by atoms with Gasteiger partial charge < -0.3 is 15.0 Å². The van der Waals surface area contributed by atoms with Crippen LogP contribution >= 0.6 is 0 Å². The molecule has 0 unspecified atom stereocenters. The molecule has 134 valence electrons. The number of halogens is 1. The second-order valence-corrected chi connectivity index (χ2v) is 5.83. The predicted octanol–water partition coefficient (Wildman–Crippen LogP) is 2.05. The fourth-order valence-corrected chi connectivity index (χ4v) is 2.87. The van der Waals surface area contributed by atoms with Crippen molar-refractivity contribution in [3.8, 4) is 6.07 Å². The van der Waals surface area contributed by atoms with Gasteiger partial charge in [-0.2, -0.15) is 5.26 Å². The SMILES string of the molecule is CCOC(=O)C1CCN(C(=NC)NCc2cc(C#N)ccc2F)CC1. The molecule has 1 aliphatic heterocycles. The summed E-state index contributed by atoms with van der Waals surface area (Å²) in [5.41, 5.74) is 0.838. The molecule has 2 rings (SSSR count). The summed E-state index contributed by atoms with van der Waals surface area (Å²) in [5.74, 6) is 0.0894. The van der Waals surface area contributed by atoms with Crippen LogP contribution in [0.1, 0.15) is 30.9 Å². The highest BCUT2D eigenvalue weighted by Gasteiger charge is 2.27. The normalized spacial score (nSPS) is 15.6. The number of benzene rings is 1. The Balaban J connectivity index is 1.92. The second-order valence-electron chi connectivity index (χ2n) is 5.83. The standard InChI is InChI=1S/C18H23FN4O2/c1-3-25-17(24)14-6-8-23(9-7-14)18(21-2)22-12-15-10-13(11-20)4-5-16(15)19/h4-5,10,14H,3,6-9,12H2,1-2H3,(H,21,22). The number of likely N-dealkylation sites (tertiary alicyclic amines) is 1. The first-order chi connectivity index (χ1) is 12.1. The smallest absolute Gasteiger partial charge is 0.309 e. The van der Waals surface area contributed by atoms with E-state index >= 15 is 0 Å². The van der Waals surface area contributed by atoms with Crippen LogP contribution in [0.3, 0.4) is 0 Å². The lowest BCUT2D eigenvalue weighted by Crippen LogP contribution is -2.46. The van der Waals surface area contributed by atoms with Crippen molar-refractivity contribution in [3.63, 3.8) is 0 Å². The summed E-state index contributed by atoms with van der Waals surface area (Å²) in [7, 11) is 1.67. The van der Waals surface area contributed by atoms with E-state index in [2.05, 4.69) is 10.3 Å². The van der Waals surface area contributed by atoms with Gasteiger partial charge in [0.1, 0.15) is 5.82 Å². The maximum absolute atomic E-state index is 13.9. The molecule has 0 amide bonds. The van der Waals surface area contributed by atoms with Crippen molar-refractivity contribution in [3.05, 3.63) is 35.1 Å². The predicted molar refractivity (Wildman–Crippen MR) is 92.2 cm³/mol. The van der Waals surface area contributed by atoms with Gasteiger partial charge in [-0.1, -0.05) is 0 Å². The van der Waals surface area contributed by atoms with E-state index in [0.717, 1.165) is 0 Å². The number of esters is 1. The fraction of sp³-hybridized carbons (Fsp3) is 0.500. The number of guanidine groups is 1. The lowest BCUT2D eigenvalue weighted by molar-refractivity contribution is -0.149. The van der Waals surface area contributed by atoms with Crippen LogP contribution in [0.2, 0.25) is 0 Å². The largest absolute Gasteiger partial charge is 0.466 e. The Labute approximate surface area is 147 Å². The number of ether oxygens (including phenoxy) is 1. The van der Waals surface area contributed by atoms with Gasteiger partial charge in [0, 0.05) is 32.2 Å². The zero-order valence-corrected chi connectivity index (χ0v) is 14.6. The summed E-state index contributed by atoms with van der Waals surface area (Å²) in [4.78, 5) is 18.1. The average Bonchev–Trinajstić information content (AvgIpc) is 2.64. The third-order valence-electron chi connectivity index (χ3n) is 4.24. The summed E-state index contributed by atoms with van der Waals surface area (Å²) < 4.78 is 18.9. The molecule has 0 saturated carbocycles. The van der Waals surface area contributed by atoms with E-state index in [1.54, 1.807) is 14.0 Å². The Morgan fingerprint density at radius 3 is 2.80 bits per heavy atom. The van der Waals surface area contributed by atoms with E-state index in [-0.39, 0.29) is 24.2 Å². The molecule has 25 heavy (non-hydrogen) atoms. The van der Waals surface area contributed by atoms with Crippen molar-refractivity contribution < 1.29 is 13.9 Å². The van der Waals surface area contributed by atoms with Crippen LogP contribution in [-0.4, -0.2) is 43.6 Å². The molecule has 0 aromatic heterocycles. The average molecular weight is 346 g/mol. The summed E-state index contributed by atoms with van der Waals surface area (Å²) in [5, 5.41) is 12.1. The van der Waals surface area contributed by atoms with Gasteiger partial charge in [-0.05, 0) is 38.0 Å². The quantitative estimate of drug-likeness (QED) is 0.513. The van der Waals surface area contributed by atoms with Gasteiger partial charge in [0.2, 0.25) is 0 Å². The monoisotopic (exact) mass is 346 g/mol. The van der Waals surface area contributed by atoms with Crippen LogP contribution in [0.5, 0.6) is 0 Å². The maximum Gasteiger partial charge on any atom is 0.309 e. The van der Waals surface area contributed by atoms with Crippen LogP contribution in [-0.2, 0) is 16.1 Å². The van der Waals surface area contributed by atoms with E-state index in [0.29, 0.717) is 49.6 Å². The van der Waals surface area contributed by atoms with Gasteiger partial charge in [0.05, 0.1) is 24.2 Å². The molecule has 1 fully saturated rings. The van der Waals surface area contributed by atoms with E-state index in [1.807, 2.05) is 11.0 Å². The molecule has 1 aromatic rings. The molecule has 7 heteroatoms. The van der Waals surface area contributed by atoms with Crippen LogP contribution in [0, 0.1) is 23.1 Å². The van der Waals surface area contributed by atoms with E-state index in [4.69, 9.17) is 10.00 Å². The van der Waals surface area contributed by atoms with Gasteiger partial charge in [0.25, 0.3) is 0 Å². The molecule has 0 radical (unpaired) electrons. The van der Waals surface area contributed by atoms with E-state index in [1.165, 1.54) is 18.2 Å². The number of hydrogen-bond donors (Lipinski definition) is 1. The number of carbonyl (C=O) groups is 1. The topological polar surface area (TPSA) is 77.7 Å². The van der Waals surface area contributed by atoms with Crippen molar-refractivity contribution >= 4 is 11.9 Å². The third-order valence-corrected chi connectivity index (χ3v) is 4.24. The number of piperidine rings is 1. The molecule has 0 spiro atoms. The van der Waals surface area contributed by atoms with E-state index in [9.17, 15) is 9.18 Å². The number of nitriles is 1. The molecule has 1 N–H and O–H groups in total. The van der Waals surface area contributed by atoms with Gasteiger partial charge in [-0.25, -0.2) is 4.39 Å². The Hall–Kier alpha value is -2.62. The van der Waals surface area contributed by atoms with Crippen LogP contribution in [0.15, 0.2) is 23.2 Å². The first-order valence-electron chi connectivity index (χ1n) is 8.39. The lowest BCUT2D eigenvalue weighted by atomic mass is 9.97. The minimum Gasteiger partial charge on any atom is -0.466 e. The Kier molecular flexibility index (Phi) is 6.75. The Morgan fingerprint density at radius 2 is 2.20 bits per heavy atom. The molecular weight excluding hydrogens is 323 g/mol. The van der Waals surface area contributed by atoms with Crippen LogP contribution in [0.4, 0.5) is 4.39 Å². The molecule has 1 heterocycles. The van der Waals surface area contributed by atoms with Crippen molar-refractivity contribution in [1.29, 1.82) is 5.26 Å². The lowest BCUT2D eigenvalue weighted by Gasteiger charge is -2.33. The van der Waals surface area contributed by atoms with Gasteiger partial charge in [-0.3, -0.25) is 9.79 Å². The van der Waals surface area contributed by atoms with Crippen LogP contribution < -0.4 is 5.32 Å². The highest BCUT2D eigenvalue weighted by Crippen LogP contribution is 2.19. The number of rotatable bonds is 4. The van der Waals surface area contributed by atoms with Gasteiger partial charge >= 0.3 is 5.97 Å². The number of hydrogen-bond acceptors (Lipinski definition) is 4. The van der Waals surface area contributed by atoms with Crippen molar-refractivity contribution in [2.75, 3.05) is 26.7 Å². The summed E-state index contributed by atoms with van der Waals surface area (Å²) in [6, 6.07) is 6.28. The minimum absolute atomic E-state index is 0.0703. The molecule has 1 aliphatic rings. The summed E-state index contributed by atoms with van der Waals surface area (Å²) in [6.07, 6.45) is 1.41. The maximum atomic E-state index is 13.9. The van der Waals surface area contributed by atoms with Gasteiger partial charge in [-0.15, -0.1) is 0 Å².